The molecule has 0 aliphatic carbocycles. The molecule has 1 unspecified atom stereocenters. The summed E-state index contributed by atoms with van der Waals surface area (Å²) in [5, 5.41) is 7.76. The number of nitrogens with one attached hydrogen (secondary N) is 1. The average molecular weight is 263 g/mol. The molecule has 3 heteroatoms. The number of thiophene rings is 1. The second-order valence-electron chi connectivity index (χ2n) is 4.33. The van der Waals surface area contributed by atoms with Crippen LogP contribution in [0, 0.1) is 5.82 Å². The van der Waals surface area contributed by atoms with Gasteiger partial charge < -0.3 is 5.32 Å². The zero-order chi connectivity index (χ0) is 12.8. The molecule has 1 atom stereocenters. The lowest BCUT2D eigenvalue weighted by molar-refractivity contribution is 0.514. The molecule has 2 aromatic rings. The van der Waals surface area contributed by atoms with Crippen molar-refractivity contribution in [2.75, 3.05) is 6.54 Å². The lowest BCUT2D eigenvalue weighted by Gasteiger charge is -2.18. The van der Waals surface area contributed by atoms with Crippen LogP contribution in [0.2, 0.25) is 0 Å². The van der Waals surface area contributed by atoms with E-state index < -0.39 is 0 Å². The molecule has 0 radical (unpaired) electrons. The van der Waals surface area contributed by atoms with E-state index in [1.54, 1.807) is 11.3 Å². The Morgan fingerprint density at radius 2 is 2.00 bits per heavy atom. The smallest absolute Gasteiger partial charge is 0.123 e. The van der Waals surface area contributed by atoms with Crippen LogP contribution in [0.5, 0.6) is 0 Å². The van der Waals surface area contributed by atoms with Crippen molar-refractivity contribution in [2.24, 2.45) is 0 Å². The summed E-state index contributed by atoms with van der Waals surface area (Å²) in [6, 6.07) is 9.27. The molecule has 0 amide bonds. The minimum Gasteiger partial charge on any atom is -0.310 e. The highest BCUT2D eigenvalue weighted by Gasteiger charge is 2.10. The highest BCUT2D eigenvalue weighted by atomic mass is 32.1. The van der Waals surface area contributed by atoms with Crippen LogP contribution in [0.3, 0.4) is 0 Å². The lowest BCUT2D eigenvalue weighted by Crippen LogP contribution is -2.21. The predicted molar refractivity (Wildman–Crippen MR) is 75.5 cm³/mol. The zero-order valence-corrected chi connectivity index (χ0v) is 11.3. The van der Waals surface area contributed by atoms with Gasteiger partial charge in [-0.15, -0.1) is 0 Å². The number of rotatable bonds is 6. The maximum atomic E-state index is 12.9. The van der Waals surface area contributed by atoms with Gasteiger partial charge in [0.15, 0.2) is 0 Å². The molecule has 1 heterocycles. The van der Waals surface area contributed by atoms with Crippen molar-refractivity contribution >= 4 is 11.3 Å². The zero-order valence-electron chi connectivity index (χ0n) is 10.5. The van der Waals surface area contributed by atoms with Gasteiger partial charge in [-0.25, -0.2) is 4.39 Å². The van der Waals surface area contributed by atoms with E-state index >= 15 is 0 Å². The van der Waals surface area contributed by atoms with Gasteiger partial charge in [0.2, 0.25) is 0 Å². The van der Waals surface area contributed by atoms with E-state index in [9.17, 15) is 4.39 Å². The molecule has 0 bridgehead atoms. The van der Waals surface area contributed by atoms with Crippen molar-refractivity contribution < 1.29 is 4.39 Å². The molecule has 1 aromatic carbocycles. The first-order valence-electron chi connectivity index (χ1n) is 6.29. The standard InChI is InChI=1S/C15H18FNS/c1-2-17-15(8-3-12-9-10-18-11-12)13-4-6-14(16)7-5-13/h4-7,9-11,15,17H,2-3,8H2,1H3. The summed E-state index contributed by atoms with van der Waals surface area (Å²) < 4.78 is 12.9. The Bertz CT molecular complexity index is 450. The van der Waals surface area contributed by atoms with Gasteiger partial charge in [-0.05, 0) is 59.5 Å². The van der Waals surface area contributed by atoms with E-state index in [2.05, 4.69) is 29.1 Å². The Hall–Kier alpha value is -1.19. The quantitative estimate of drug-likeness (QED) is 0.824. The fourth-order valence-corrected chi connectivity index (χ4v) is 2.78. The summed E-state index contributed by atoms with van der Waals surface area (Å²) >= 11 is 1.73. The van der Waals surface area contributed by atoms with E-state index in [0.717, 1.165) is 24.9 Å². The average Bonchev–Trinajstić information content (AvgIpc) is 2.89. The third-order valence-corrected chi connectivity index (χ3v) is 3.76. The molecular formula is C15H18FNS. The normalized spacial score (nSPS) is 12.6. The van der Waals surface area contributed by atoms with Crippen LogP contribution in [0.15, 0.2) is 41.1 Å². The Morgan fingerprint density at radius 3 is 2.61 bits per heavy atom. The van der Waals surface area contributed by atoms with E-state index in [4.69, 9.17) is 0 Å². The van der Waals surface area contributed by atoms with Gasteiger partial charge in [0.1, 0.15) is 5.82 Å². The minimum atomic E-state index is -0.174. The second kappa shape index (κ2) is 6.66. The molecule has 18 heavy (non-hydrogen) atoms. The van der Waals surface area contributed by atoms with Gasteiger partial charge in [0.25, 0.3) is 0 Å². The SMILES string of the molecule is CCNC(CCc1ccsc1)c1ccc(F)cc1. The molecule has 0 aliphatic rings. The molecule has 0 spiro atoms. The van der Waals surface area contributed by atoms with Gasteiger partial charge in [0, 0.05) is 6.04 Å². The third-order valence-electron chi connectivity index (χ3n) is 3.02. The number of halogens is 1. The summed E-state index contributed by atoms with van der Waals surface area (Å²) in [6.07, 6.45) is 2.09. The number of hydrogen-bond acceptors (Lipinski definition) is 2. The van der Waals surface area contributed by atoms with Crippen molar-refractivity contribution in [1.29, 1.82) is 0 Å². The molecule has 0 saturated carbocycles. The van der Waals surface area contributed by atoms with Crippen LogP contribution < -0.4 is 5.32 Å². The first-order valence-corrected chi connectivity index (χ1v) is 7.24. The summed E-state index contributed by atoms with van der Waals surface area (Å²) in [6.45, 7) is 3.02. The van der Waals surface area contributed by atoms with Gasteiger partial charge in [-0.2, -0.15) is 11.3 Å². The molecule has 96 valence electrons. The molecule has 0 saturated heterocycles. The van der Waals surface area contributed by atoms with Crippen molar-refractivity contribution in [1.82, 2.24) is 5.32 Å². The highest BCUT2D eigenvalue weighted by molar-refractivity contribution is 7.07. The highest BCUT2D eigenvalue weighted by Crippen LogP contribution is 2.20. The second-order valence-corrected chi connectivity index (χ2v) is 5.11. The summed E-state index contributed by atoms with van der Waals surface area (Å²) in [7, 11) is 0. The fraction of sp³-hybridized carbons (Fsp3) is 0.333. The van der Waals surface area contributed by atoms with Crippen molar-refractivity contribution in [3.05, 3.63) is 58.0 Å². The first-order chi connectivity index (χ1) is 8.79. The molecular weight excluding hydrogens is 245 g/mol. The molecule has 1 aromatic heterocycles. The van der Waals surface area contributed by atoms with Gasteiger partial charge in [0.05, 0.1) is 0 Å². The number of benzene rings is 1. The third kappa shape index (κ3) is 3.65. The monoisotopic (exact) mass is 263 g/mol. The Morgan fingerprint density at radius 1 is 1.22 bits per heavy atom. The summed E-state index contributed by atoms with van der Waals surface area (Å²) in [5.74, 6) is -0.174. The topological polar surface area (TPSA) is 12.0 Å². The van der Waals surface area contributed by atoms with Gasteiger partial charge in [-0.1, -0.05) is 19.1 Å². The Kier molecular flexibility index (Phi) is 4.90. The molecule has 0 fully saturated rings. The van der Waals surface area contributed by atoms with E-state index in [-0.39, 0.29) is 5.82 Å². The largest absolute Gasteiger partial charge is 0.310 e. The Labute approximate surface area is 112 Å². The maximum Gasteiger partial charge on any atom is 0.123 e. The Balaban J connectivity index is 2.01. The van der Waals surface area contributed by atoms with E-state index in [1.165, 1.54) is 17.7 Å². The van der Waals surface area contributed by atoms with Crippen LogP contribution in [0.25, 0.3) is 0 Å². The van der Waals surface area contributed by atoms with Crippen LogP contribution in [-0.4, -0.2) is 6.54 Å². The molecule has 1 nitrogen and oxygen atoms in total. The predicted octanol–water partition coefficient (Wildman–Crippen LogP) is 4.17. The number of hydrogen-bond donors (Lipinski definition) is 1. The van der Waals surface area contributed by atoms with Gasteiger partial charge >= 0.3 is 0 Å². The van der Waals surface area contributed by atoms with Crippen molar-refractivity contribution in [3.63, 3.8) is 0 Å². The van der Waals surface area contributed by atoms with Crippen molar-refractivity contribution in [3.8, 4) is 0 Å². The van der Waals surface area contributed by atoms with Crippen LogP contribution in [0.1, 0.15) is 30.5 Å². The lowest BCUT2D eigenvalue weighted by atomic mass is 10.00. The van der Waals surface area contributed by atoms with Crippen molar-refractivity contribution in [2.45, 2.75) is 25.8 Å². The number of aryl methyl sites for hydroxylation is 1. The maximum absolute atomic E-state index is 12.9. The first kappa shape index (κ1) is 13.2. The van der Waals surface area contributed by atoms with Crippen LogP contribution >= 0.6 is 11.3 Å². The van der Waals surface area contributed by atoms with E-state index in [1.807, 2.05) is 12.1 Å². The summed E-state index contributed by atoms with van der Waals surface area (Å²) in [5.41, 5.74) is 2.54. The minimum absolute atomic E-state index is 0.174. The molecule has 1 N–H and O–H groups in total. The van der Waals surface area contributed by atoms with Gasteiger partial charge in [-0.3, -0.25) is 0 Å². The van der Waals surface area contributed by atoms with E-state index in [0.29, 0.717) is 6.04 Å². The molecule has 2 rings (SSSR count). The van der Waals surface area contributed by atoms with Crippen LogP contribution in [-0.2, 0) is 6.42 Å². The summed E-state index contributed by atoms with van der Waals surface area (Å²) in [4.78, 5) is 0. The van der Waals surface area contributed by atoms with Crippen LogP contribution in [0.4, 0.5) is 4.39 Å². The molecule has 0 aliphatic heterocycles. The fourth-order valence-electron chi connectivity index (χ4n) is 2.07.